The molecule has 1 aromatic rings. The van der Waals surface area contributed by atoms with Gasteiger partial charge >= 0.3 is 5.97 Å². The van der Waals surface area contributed by atoms with Crippen LogP contribution >= 0.6 is 0 Å². The van der Waals surface area contributed by atoms with Crippen molar-refractivity contribution in [2.24, 2.45) is 11.3 Å². The zero-order valence-corrected chi connectivity index (χ0v) is 11.3. The number of aliphatic carboxylic acids is 1. The smallest absolute Gasteiger partial charge is 0.312 e. The quantitative estimate of drug-likeness (QED) is 0.905. The second kappa shape index (κ2) is 4.64. The van der Waals surface area contributed by atoms with Crippen LogP contribution < -0.4 is 0 Å². The Morgan fingerprint density at radius 3 is 2.79 bits per heavy atom. The van der Waals surface area contributed by atoms with Crippen LogP contribution in [0.5, 0.6) is 0 Å². The number of hydrogen-bond donors (Lipinski definition) is 1. The molecule has 1 N–H and O–H groups in total. The molecule has 3 heteroatoms. The number of aryl methyl sites for hydroxylation is 1. The zero-order valence-electron chi connectivity index (χ0n) is 11.3. The molecule has 1 aliphatic heterocycles. The Labute approximate surface area is 113 Å². The van der Waals surface area contributed by atoms with Gasteiger partial charge < -0.3 is 9.84 Å². The maximum atomic E-state index is 11.9. The van der Waals surface area contributed by atoms with Crippen LogP contribution in [-0.2, 0) is 16.0 Å². The molecule has 3 nitrogen and oxygen atoms in total. The van der Waals surface area contributed by atoms with Crippen LogP contribution in [0.3, 0.4) is 0 Å². The van der Waals surface area contributed by atoms with Crippen molar-refractivity contribution in [2.45, 2.75) is 38.7 Å². The summed E-state index contributed by atoms with van der Waals surface area (Å²) >= 11 is 0. The first-order valence-corrected chi connectivity index (χ1v) is 7.03. The van der Waals surface area contributed by atoms with E-state index in [4.69, 9.17) is 4.74 Å². The Bertz CT molecular complexity index is 493. The molecular weight excluding hydrogens is 240 g/mol. The number of carbonyl (C=O) groups is 1. The molecule has 0 bridgehead atoms. The van der Waals surface area contributed by atoms with Gasteiger partial charge in [-0.3, -0.25) is 4.79 Å². The van der Waals surface area contributed by atoms with E-state index >= 15 is 0 Å². The summed E-state index contributed by atoms with van der Waals surface area (Å²) in [5.41, 5.74) is 1.60. The topological polar surface area (TPSA) is 46.5 Å². The zero-order chi connectivity index (χ0) is 13.5. The highest BCUT2D eigenvalue weighted by Crippen LogP contribution is 2.49. The minimum atomic E-state index is -0.715. The molecule has 2 fully saturated rings. The Hall–Kier alpha value is -1.35. The minimum absolute atomic E-state index is 0.0930. The fourth-order valence-corrected chi connectivity index (χ4v) is 3.30. The van der Waals surface area contributed by atoms with Gasteiger partial charge in [0.05, 0.1) is 6.10 Å². The van der Waals surface area contributed by atoms with Crippen molar-refractivity contribution in [3.05, 3.63) is 35.4 Å². The maximum Gasteiger partial charge on any atom is 0.312 e. The summed E-state index contributed by atoms with van der Waals surface area (Å²) in [4.78, 5) is 11.9. The lowest BCUT2D eigenvalue weighted by molar-refractivity contribution is -0.153. The standard InChI is InChI=1S/C16H20O3/c1-11-4-2-3-5-13(11)10-16(15(17)18)8-9-19-14(16)12-6-7-12/h2-5,12,14H,6-10H2,1H3,(H,17,18). The second-order valence-electron chi connectivity index (χ2n) is 5.94. The van der Waals surface area contributed by atoms with E-state index in [0.717, 1.165) is 18.4 Å². The molecule has 1 aliphatic carbocycles. The number of carboxylic acids is 1. The summed E-state index contributed by atoms with van der Waals surface area (Å²) in [6.45, 7) is 2.63. The Kier molecular flexibility index (Phi) is 3.09. The fourth-order valence-electron chi connectivity index (χ4n) is 3.30. The van der Waals surface area contributed by atoms with Crippen LogP contribution in [0, 0.1) is 18.3 Å². The number of ether oxygens (including phenoxy) is 1. The maximum absolute atomic E-state index is 11.9. The highest BCUT2D eigenvalue weighted by molar-refractivity contribution is 5.76. The van der Waals surface area contributed by atoms with E-state index in [9.17, 15) is 9.90 Å². The molecule has 1 saturated carbocycles. The van der Waals surface area contributed by atoms with Gasteiger partial charge in [-0.2, -0.15) is 0 Å². The van der Waals surface area contributed by atoms with E-state index < -0.39 is 11.4 Å². The fraction of sp³-hybridized carbons (Fsp3) is 0.562. The third-order valence-corrected chi connectivity index (χ3v) is 4.63. The molecule has 2 atom stereocenters. The third-order valence-electron chi connectivity index (χ3n) is 4.63. The molecule has 1 aromatic carbocycles. The van der Waals surface area contributed by atoms with Gasteiger partial charge in [-0.15, -0.1) is 0 Å². The molecule has 0 amide bonds. The number of benzene rings is 1. The molecule has 3 rings (SSSR count). The van der Waals surface area contributed by atoms with Crippen molar-refractivity contribution in [1.29, 1.82) is 0 Å². The van der Waals surface area contributed by atoms with Gasteiger partial charge in [-0.05, 0) is 49.7 Å². The van der Waals surface area contributed by atoms with Gasteiger partial charge in [0.15, 0.2) is 0 Å². The van der Waals surface area contributed by atoms with Crippen LogP contribution in [0.1, 0.15) is 30.4 Å². The van der Waals surface area contributed by atoms with Gasteiger partial charge in [0.2, 0.25) is 0 Å². The second-order valence-corrected chi connectivity index (χ2v) is 5.94. The first kappa shape index (κ1) is 12.7. The number of carboxylic acid groups (broad SMARTS) is 1. The van der Waals surface area contributed by atoms with Crippen molar-refractivity contribution in [2.75, 3.05) is 6.61 Å². The minimum Gasteiger partial charge on any atom is -0.481 e. The van der Waals surface area contributed by atoms with Crippen LogP contribution in [0.4, 0.5) is 0 Å². The normalized spacial score (nSPS) is 30.5. The Morgan fingerprint density at radius 1 is 1.42 bits per heavy atom. The highest BCUT2D eigenvalue weighted by Gasteiger charge is 2.55. The molecule has 2 aliphatic rings. The molecule has 0 aromatic heterocycles. The van der Waals surface area contributed by atoms with E-state index in [1.54, 1.807) is 0 Å². The van der Waals surface area contributed by atoms with Crippen LogP contribution in [0.25, 0.3) is 0 Å². The average molecular weight is 260 g/mol. The monoisotopic (exact) mass is 260 g/mol. The third kappa shape index (κ3) is 2.16. The van der Waals surface area contributed by atoms with E-state index in [0.29, 0.717) is 25.4 Å². The first-order valence-electron chi connectivity index (χ1n) is 7.03. The predicted octanol–water partition coefficient (Wildman–Crippen LogP) is 2.81. The summed E-state index contributed by atoms with van der Waals surface area (Å²) < 4.78 is 5.79. The molecule has 1 saturated heterocycles. The molecule has 102 valence electrons. The van der Waals surface area contributed by atoms with Gasteiger partial charge in [0.1, 0.15) is 5.41 Å². The lowest BCUT2D eigenvalue weighted by atomic mass is 9.73. The highest BCUT2D eigenvalue weighted by atomic mass is 16.5. The van der Waals surface area contributed by atoms with Gasteiger partial charge in [-0.1, -0.05) is 24.3 Å². The lowest BCUT2D eigenvalue weighted by Crippen LogP contribution is -2.42. The van der Waals surface area contributed by atoms with E-state index in [1.165, 1.54) is 5.56 Å². The van der Waals surface area contributed by atoms with E-state index in [1.807, 2.05) is 31.2 Å². The van der Waals surface area contributed by atoms with E-state index in [-0.39, 0.29) is 6.10 Å². The average Bonchev–Trinajstić information content (AvgIpc) is 3.13. The summed E-state index contributed by atoms with van der Waals surface area (Å²) in [7, 11) is 0. The summed E-state index contributed by atoms with van der Waals surface area (Å²) in [6.07, 6.45) is 3.37. The number of rotatable bonds is 4. The van der Waals surface area contributed by atoms with Crippen molar-refractivity contribution < 1.29 is 14.6 Å². The summed E-state index contributed by atoms with van der Waals surface area (Å²) in [6, 6.07) is 8.07. The molecule has 0 radical (unpaired) electrons. The molecule has 1 heterocycles. The van der Waals surface area contributed by atoms with Crippen LogP contribution in [0.15, 0.2) is 24.3 Å². The SMILES string of the molecule is Cc1ccccc1CC1(C(=O)O)CCOC1C1CC1. The summed E-state index contributed by atoms with van der Waals surface area (Å²) in [5, 5.41) is 9.78. The van der Waals surface area contributed by atoms with Crippen molar-refractivity contribution >= 4 is 5.97 Å². The Balaban J connectivity index is 1.92. The number of hydrogen-bond acceptors (Lipinski definition) is 2. The Morgan fingerprint density at radius 2 is 2.16 bits per heavy atom. The van der Waals surface area contributed by atoms with E-state index in [2.05, 4.69) is 0 Å². The van der Waals surface area contributed by atoms with Crippen LogP contribution in [0.2, 0.25) is 0 Å². The first-order chi connectivity index (χ1) is 9.13. The van der Waals surface area contributed by atoms with Crippen molar-refractivity contribution in [1.82, 2.24) is 0 Å². The molecular formula is C16H20O3. The predicted molar refractivity (Wildman–Crippen MR) is 72.0 cm³/mol. The lowest BCUT2D eigenvalue weighted by Gasteiger charge is -2.30. The van der Waals surface area contributed by atoms with Crippen molar-refractivity contribution in [3.8, 4) is 0 Å². The summed E-state index contributed by atoms with van der Waals surface area (Å²) in [5.74, 6) is -0.229. The largest absolute Gasteiger partial charge is 0.481 e. The molecule has 2 unspecified atom stereocenters. The van der Waals surface area contributed by atoms with Gasteiger partial charge in [0, 0.05) is 6.61 Å². The van der Waals surface area contributed by atoms with Crippen molar-refractivity contribution in [3.63, 3.8) is 0 Å². The van der Waals surface area contributed by atoms with Gasteiger partial charge in [-0.25, -0.2) is 0 Å². The van der Waals surface area contributed by atoms with Gasteiger partial charge in [0.25, 0.3) is 0 Å². The van der Waals surface area contributed by atoms with Crippen LogP contribution in [-0.4, -0.2) is 23.8 Å². The molecule has 19 heavy (non-hydrogen) atoms. The molecule has 0 spiro atoms.